The number of aliphatic hydroxyl groups is 2. The lowest BCUT2D eigenvalue weighted by Crippen LogP contribution is -2.34. The Morgan fingerprint density at radius 2 is 1.95 bits per heavy atom. The number of hydrogen-bond donors (Lipinski definition) is 2. The third kappa shape index (κ3) is 3.41. The molecule has 2 aliphatic carbocycles. The van der Waals surface area contributed by atoms with Crippen LogP contribution < -0.4 is 0 Å². The van der Waals surface area contributed by atoms with Crippen molar-refractivity contribution >= 4 is 5.78 Å². The Kier molecular flexibility index (Phi) is 5.08. The van der Waals surface area contributed by atoms with Gasteiger partial charge in [0.05, 0.1) is 0 Å². The monoisotopic (exact) mass is 304 g/mol. The van der Waals surface area contributed by atoms with Gasteiger partial charge in [0.1, 0.15) is 12.2 Å². The lowest BCUT2D eigenvalue weighted by molar-refractivity contribution is -0.116. The summed E-state index contributed by atoms with van der Waals surface area (Å²) in [6.07, 6.45) is 5.62. The van der Waals surface area contributed by atoms with Gasteiger partial charge in [-0.25, -0.2) is 0 Å². The maximum absolute atomic E-state index is 12.6. The fourth-order valence-electron chi connectivity index (χ4n) is 3.79. The Hall–Kier alpha value is -1.19. The summed E-state index contributed by atoms with van der Waals surface area (Å²) in [5.74, 6) is 0.547. The minimum Gasteiger partial charge on any atom is -0.386 e. The number of Topliss-reactive ketones (excluding diaryl/α,β-unsaturated/α-hetero) is 1. The van der Waals surface area contributed by atoms with Crippen molar-refractivity contribution in [1.82, 2.24) is 0 Å². The van der Waals surface area contributed by atoms with Gasteiger partial charge in [-0.3, -0.25) is 4.79 Å². The van der Waals surface area contributed by atoms with Crippen LogP contribution in [0.3, 0.4) is 0 Å². The second-order valence-electron chi connectivity index (χ2n) is 7.36. The summed E-state index contributed by atoms with van der Waals surface area (Å²) < 4.78 is 0. The molecule has 0 heterocycles. The Morgan fingerprint density at radius 1 is 1.27 bits per heavy atom. The summed E-state index contributed by atoms with van der Waals surface area (Å²) in [5.41, 5.74) is 2.26. The van der Waals surface area contributed by atoms with E-state index in [1.165, 1.54) is 0 Å². The van der Waals surface area contributed by atoms with E-state index in [9.17, 15) is 15.0 Å². The van der Waals surface area contributed by atoms with Crippen LogP contribution >= 0.6 is 0 Å². The minimum atomic E-state index is -0.985. The van der Waals surface area contributed by atoms with Crippen LogP contribution in [0.2, 0.25) is 0 Å². The molecular weight excluding hydrogens is 276 g/mol. The first-order valence-electron chi connectivity index (χ1n) is 8.18. The summed E-state index contributed by atoms with van der Waals surface area (Å²) in [7, 11) is 0. The maximum atomic E-state index is 12.6. The number of rotatable bonds is 0. The first-order chi connectivity index (χ1) is 10.2. The van der Waals surface area contributed by atoms with E-state index in [1.54, 1.807) is 6.08 Å². The van der Waals surface area contributed by atoms with E-state index < -0.39 is 12.2 Å². The van der Waals surface area contributed by atoms with Crippen molar-refractivity contribution in [3.63, 3.8) is 0 Å². The highest BCUT2D eigenvalue weighted by Crippen LogP contribution is 2.45. The van der Waals surface area contributed by atoms with Crippen LogP contribution in [-0.2, 0) is 4.79 Å². The molecule has 0 saturated heterocycles. The molecule has 0 amide bonds. The molecule has 2 bridgehead atoms. The SMILES string of the molecule is C=C1CC[C@@H]2CCC=C(C(=O)CC(C)=C[C@@H](O)[C@@H]1O)C2(C)C. The summed E-state index contributed by atoms with van der Waals surface area (Å²) in [6.45, 7) is 10.1. The highest BCUT2D eigenvalue weighted by molar-refractivity contribution is 5.98. The Labute approximate surface area is 133 Å². The molecule has 0 aromatic carbocycles. The van der Waals surface area contributed by atoms with E-state index in [1.807, 2.05) is 6.92 Å². The molecular formula is C19H28O3. The van der Waals surface area contributed by atoms with Gasteiger partial charge in [0.25, 0.3) is 0 Å². The Balaban J connectivity index is 2.38. The van der Waals surface area contributed by atoms with Crippen molar-refractivity contribution in [2.24, 2.45) is 11.3 Å². The number of carbonyl (C=O) groups excluding carboxylic acids is 1. The zero-order valence-electron chi connectivity index (χ0n) is 13.9. The first kappa shape index (κ1) is 17.2. The van der Waals surface area contributed by atoms with Gasteiger partial charge in [0, 0.05) is 6.42 Å². The fraction of sp³-hybridized carbons (Fsp3) is 0.632. The van der Waals surface area contributed by atoms with E-state index in [-0.39, 0.29) is 11.2 Å². The van der Waals surface area contributed by atoms with Gasteiger partial charge in [-0.15, -0.1) is 0 Å². The normalized spacial score (nSPS) is 33.4. The van der Waals surface area contributed by atoms with Crippen molar-refractivity contribution in [1.29, 1.82) is 0 Å². The lowest BCUT2D eigenvalue weighted by atomic mass is 9.64. The highest BCUT2D eigenvalue weighted by Gasteiger charge is 2.38. The van der Waals surface area contributed by atoms with Crippen LogP contribution in [0, 0.1) is 11.3 Å². The molecule has 3 atom stereocenters. The Morgan fingerprint density at radius 3 is 2.64 bits per heavy atom. The van der Waals surface area contributed by atoms with Crippen LogP contribution in [0.1, 0.15) is 52.9 Å². The molecule has 2 aliphatic rings. The molecule has 2 N–H and O–H groups in total. The average molecular weight is 304 g/mol. The quantitative estimate of drug-likeness (QED) is 0.675. The van der Waals surface area contributed by atoms with Crippen LogP contribution in [0.4, 0.5) is 0 Å². The van der Waals surface area contributed by atoms with Crippen LogP contribution in [0.25, 0.3) is 0 Å². The smallest absolute Gasteiger partial charge is 0.163 e. The topological polar surface area (TPSA) is 57.5 Å². The summed E-state index contributed by atoms with van der Waals surface area (Å²) in [6, 6.07) is 0. The maximum Gasteiger partial charge on any atom is 0.163 e. The molecule has 0 fully saturated rings. The Bertz CT molecular complexity index is 525. The largest absolute Gasteiger partial charge is 0.386 e. The van der Waals surface area contributed by atoms with Gasteiger partial charge in [-0.1, -0.05) is 38.2 Å². The number of allylic oxidation sites excluding steroid dienone is 3. The predicted molar refractivity (Wildman–Crippen MR) is 88.4 cm³/mol. The average Bonchev–Trinajstić information content (AvgIpc) is 2.42. The molecule has 22 heavy (non-hydrogen) atoms. The van der Waals surface area contributed by atoms with E-state index in [2.05, 4.69) is 26.5 Å². The molecule has 2 rings (SSSR count). The van der Waals surface area contributed by atoms with Gasteiger partial charge < -0.3 is 10.2 Å². The first-order valence-corrected chi connectivity index (χ1v) is 8.18. The summed E-state index contributed by atoms with van der Waals surface area (Å²) >= 11 is 0. The standard InChI is InChI=1S/C19H28O3/c1-12-10-16(20)15-7-5-6-14(19(15,3)4)9-8-13(2)18(22)17(21)11-12/h7,11,14,17-18,21-22H,2,5-6,8-10H2,1,3-4H3/t14-,17+,18+/m0/s1. The van der Waals surface area contributed by atoms with Crippen LogP contribution in [-0.4, -0.2) is 28.2 Å². The van der Waals surface area contributed by atoms with E-state index in [0.29, 0.717) is 24.3 Å². The van der Waals surface area contributed by atoms with Crippen molar-refractivity contribution < 1.29 is 15.0 Å². The lowest BCUT2D eigenvalue weighted by Gasteiger charge is -2.40. The van der Waals surface area contributed by atoms with Crippen molar-refractivity contribution in [2.45, 2.75) is 65.1 Å². The number of ketones is 1. The number of aliphatic hydroxyl groups excluding tert-OH is 2. The zero-order chi connectivity index (χ0) is 16.5. The fourth-order valence-corrected chi connectivity index (χ4v) is 3.79. The molecule has 0 aromatic rings. The molecule has 0 spiro atoms. The van der Waals surface area contributed by atoms with Crippen molar-refractivity contribution in [2.75, 3.05) is 0 Å². The number of fused-ring (bicyclic) bond motifs is 2. The van der Waals surface area contributed by atoms with Gasteiger partial charge in [-0.2, -0.15) is 0 Å². The minimum absolute atomic E-state index is 0.140. The van der Waals surface area contributed by atoms with Crippen molar-refractivity contribution in [3.8, 4) is 0 Å². The molecule has 0 aliphatic heterocycles. The summed E-state index contributed by atoms with van der Waals surface area (Å²) in [5, 5.41) is 20.3. The second kappa shape index (κ2) is 6.51. The van der Waals surface area contributed by atoms with E-state index in [4.69, 9.17) is 0 Å². The van der Waals surface area contributed by atoms with Crippen LogP contribution in [0.5, 0.6) is 0 Å². The molecule has 0 unspecified atom stereocenters. The molecule has 122 valence electrons. The van der Waals surface area contributed by atoms with Gasteiger partial charge >= 0.3 is 0 Å². The third-order valence-corrected chi connectivity index (χ3v) is 5.33. The third-order valence-electron chi connectivity index (χ3n) is 5.33. The molecule has 0 saturated carbocycles. The predicted octanol–water partition coefficient (Wildman–Crippen LogP) is 3.33. The van der Waals surface area contributed by atoms with Gasteiger partial charge in [0.15, 0.2) is 5.78 Å². The number of hydrogen-bond acceptors (Lipinski definition) is 3. The van der Waals surface area contributed by atoms with E-state index in [0.717, 1.165) is 30.4 Å². The van der Waals surface area contributed by atoms with Gasteiger partial charge in [0.2, 0.25) is 0 Å². The van der Waals surface area contributed by atoms with Crippen LogP contribution in [0.15, 0.2) is 35.5 Å². The van der Waals surface area contributed by atoms with E-state index >= 15 is 0 Å². The number of carbonyl (C=O) groups is 1. The molecule has 0 radical (unpaired) electrons. The van der Waals surface area contributed by atoms with Crippen molar-refractivity contribution in [3.05, 3.63) is 35.5 Å². The molecule has 3 nitrogen and oxygen atoms in total. The molecule has 0 aromatic heterocycles. The zero-order valence-corrected chi connectivity index (χ0v) is 13.9. The second-order valence-corrected chi connectivity index (χ2v) is 7.36. The highest BCUT2D eigenvalue weighted by atomic mass is 16.3. The summed E-state index contributed by atoms with van der Waals surface area (Å²) in [4.78, 5) is 12.6. The van der Waals surface area contributed by atoms with Gasteiger partial charge in [-0.05, 0) is 55.1 Å². The molecule has 3 heteroatoms.